The van der Waals surface area contributed by atoms with Crippen molar-refractivity contribution in [3.63, 3.8) is 0 Å². The Labute approximate surface area is 171 Å². The monoisotopic (exact) mass is 389 g/mol. The highest BCUT2D eigenvalue weighted by molar-refractivity contribution is 5.90. The van der Waals surface area contributed by atoms with Crippen molar-refractivity contribution in [3.8, 4) is 5.75 Å². The van der Waals surface area contributed by atoms with Crippen LogP contribution in [0.25, 0.3) is 0 Å². The Kier molecular flexibility index (Phi) is 5.73. The van der Waals surface area contributed by atoms with E-state index < -0.39 is 0 Å². The van der Waals surface area contributed by atoms with E-state index in [9.17, 15) is 9.90 Å². The SMILES string of the molecule is CC1(C)CC(OC(=O)c2cc(C(C)(C)C)c(O)c(C(C)(C)C)c2)CC(C)(C)N1. The van der Waals surface area contributed by atoms with Crippen LogP contribution in [0.1, 0.15) is 104 Å². The van der Waals surface area contributed by atoms with E-state index in [0.717, 1.165) is 24.0 Å². The van der Waals surface area contributed by atoms with Gasteiger partial charge in [0.25, 0.3) is 0 Å². The molecule has 1 aromatic rings. The maximum atomic E-state index is 13.1. The summed E-state index contributed by atoms with van der Waals surface area (Å²) in [6.45, 7) is 20.8. The first-order valence-electron chi connectivity index (χ1n) is 10.3. The first-order valence-corrected chi connectivity index (χ1v) is 10.3. The number of phenols is 1. The number of phenolic OH excluding ortho intramolecular Hbond substituents is 1. The van der Waals surface area contributed by atoms with Crippen molar-refractivity contribution >= 4 is 5.97 Å². The van der Waals surface area contributed by atoms with Gasteiger partial charge in [0.05, 0.1) is 5.56 Å². The Hall–Kier alpha value is -1.55. The highest BCUT2D eigenvalue weighted by atomic mass is 16.5. The van der Waals surface area contributed by atoms with Crippen LogP contribution in [0.4, 0.5) is 0 Å². The van der Waals surface area contributed by atoms with E-state index in [1.165, 1.54) is 0 Å². The average Bonchev–Trinajstić information content (AvgIpc) is 2.40. The summed E-state index contributed by atoms with van der Waals surface area (Å²) in [7, 11) is 0. The van der Waals surface area contributed by atoms with Crippen molar-refractivity contribution in [3.05, 3.63) is 28.8 Å². The number of ether oxygens (including phenoxy) is 1. The first-order chi connectivity index (χ1) is 12.4. The molecule has 0 atom stereocenters. The average molecular weight is 390 g/mol. The summed E-state index contributed by atoms with van der Waals surface area (Å²) < 4.78 is 5.96. The second kappa shape index (κ2) is 7.05. The Balaban J connectivity index is 2.40. The second-order valence-electron chi connectivity index (χ2n) is 11.7. The third-order valence-corrected chi connectivity index (χ3v) is 5.39. The minimum absolute atomic E-state index is 0.0885. The van der Waals surface area contributed by atoms with Crippen molar-refractivity contribution in [1.82, 2.24) is 5.32 Å². The lowest BCUT2D eigenvalue weighted by molar-refractivity contribution is -0.00640. The highest BCUT2D eigenvalue weighted by Crippen LogP contribution is 2.40. The normalized spacial score (nSPS) is 20.1. The molecule has 1 saturated heterocycles. The first kappa shape index (κ1) is 22.7. The summed E-state index contributed by atoms with van der Waals surface area (Å²) in [5.74, 6) is -0.0322. The topological polar surface area (TPSA) is 58.6 Å². The molecule has 0 unspecified atom stereocenters. The van der Waals surface area contributed by atoms with E-state index in [-0.39, 0.29) is 39.7 Å². The molecule has 4 heteroatoms. The maximum Gasteiger partial charge on any atom is 0.338 e. The molecular formula is C24H39NO3. The molecule has 2 rings (SSSR count). The Morgan fingerprint density at radius 2 is 1.36 bits per heavy atom. The molecule has 1 heterocycles. The summed E-state index contributed by atoms with van der Waals surface area (Å²) in [6.07, 6.45) is 1.42. The fourth-order valence-corrected chi connectivity index (χ4v) is 4.43. The smallest absolute Gasteiger partial charge is 0.338 e. The van der Waals surface area contributed by atoms with Crippen LogP contribution in [-0.2, 0) is 15.6 Å². The number of hydrogen-bond acceptors (Lipinski definition) is 4. The Bertz CT molecular complexity index is 697. The molecule has 0 spiro atoms. The summed E-state index contributed by atoms with van der Waals surface area (Å²) in [4.78, 5) is 13.1. The van der Waals surface area contributed by atoms with Crippen LogP contribution in [0.5, 0.6) is 5.75 Å². The molecule has 0 aromatic heterocycles. The van der Waals surface area contributed by atoms with Crippen molar-refractivity contribution < 1.29 is 14.6 Å². The number of aromatic hydroxyl groups is 1. The molecule has 0 radical (unpaired) electrons. The molecule has 1 aliphatic rings. The van der Waals surface area contributed by atoms with Crippen LogP contribution in [0.15, 0.2) is 12.1 Å². The van der Waals surface area contributed by atoms with E-state index in [0.29, 0.717) is 5.56 Å². The zero-order valence-electron chi connectivity index (χ0n) is 19.4. The zero-order valence-corrected chi connectivity index (χ0v) is 19.4. The van der Waals surface area contributed by atoms with Gasteiger partial charge in [-0.3, -0.25) is 0 Å². The number of rotatable bonds is 2. The third-order valence-electron chi connectivity index (χ3n) is 5.39. The molecule has 4 nitrogen and oxygen atoms in total. The summed E-state index contributed by atoms with van der Waals surface area (Å²) >= 11 is 0. The van der Waals surface area contributed by atoms with Gasteiger partial charge in [0, 0.05) is 35.0 Å². The molecule has 2 N–H and O–H groups in total. The van der Waals surface area contributed by atoms with Gasteiger partial charge in [-0.2, -0.15) is 0 Å². The summed E-state index contributed by atoms with van der Waals surface area (Å²) in [5.41, 5.74) is 1.33. The Morgan fingerprint density at radius 1 is 0.964 bits per heavy atom. The van der Waals surface area contributed by atoms with Crippen LogP contribution in [0.3, 0.4) is 0 Å². The molecule has 158 valence electrons. The molecule has 1 aliphatic heterocycles. The molecule has 1 fully saturated rings. The predicted molar refractivity (Wildman–Crippen MR) is 115 cm³/mol. The number of carbonyl (C=O) groups is 1. The predicted octanol–water partition coefficient (Wildman–Crippen LogP) is 5.45. The minimum Gasteiger partial charge on any atom is -0.507 e. The molecule has 0 aliphatic carbocycles. The molecule has 0 amide bonds. The molecule has 1 aromatic carbocycles. The lowest BCUT2D eigenvalue weighted by atomic mass is 9.78. The quantitative estimate of drug-likeness (QED) is 0.660. The lowest BCUT2D eigenvalue weighted by Gasteiger charge is -2.45. The van der Waals surface area contributed by atoms with Crippen LogP contribution in [0.2, 0.25) is 0 Å². The van der Waals surface area contributed by atoms with E-state index in [1.807, 2.05) is 41.5 Å². The number of piperidine rings is 1. The molecular weight excluding hydrogens is 350 g/mol. The fraction of sp³-hybridized carbons (Fsp3) is 0.708. The van der Waals surface area contributed by atoms with Crippen molar-refractivity contribution in [2.45, 2.75) is 110 Å². The van der Waals surface area contributed by atoms with E-state index in [2.05, 4.69) is 33.0 Å². The van der Waals surface area contributed by atoms with Gasteiger partial charge in [0.15, 0.2) is 0 Å². The Morgan fingerprint density at radius 3 is 1.71 bits per heavy atom. The van der Waals surface area contributed by atoms with Gasteiger partial charge in [-0.1, -0.05) is 41.5 Å². The zero-order chi connectivity index (χ0) is 21.7. The number of benzene rings is 1. The third kappa shape index (κ3) is 5.28. The van der Waals surface area contributed by atoms with Gasteiger partial charge < -0.3 is 15.2 Å². The standard InChI is InChI=1S/C24H39NO3/c1-21(2,3)17-11-15(12-18(19(17)26)22(4,5)6)20(27)28-16-13-23(7,8)25-24(9,10)14-16/h11-12,16,25-26H,13-14H2,1-10H3. The van der Waals surface area contributed by atoms with E-state index >= 15 is 0 Å². The van der Waals surface area contributed by atoms with Crippen LogP contribution in [0, 0.1) is 0 Å². The minimum atomic E-state index is -0.311. The van der Waals surface area contributed by atoms with Crippen LogP contribution < -0.4 is 5.32 Å². The van der Waals surface area contributed by atoms with Gasteiger partial charge in [-0.15, -0.1) is 0 Å². The van der Waals surface area contributed by atoms with Crippen molar-refractivity contribution in [2.75, 3.05) is 0 Å². The van der Waals surface area contributed by atoms with E-state index in [1.54, 1.807) is 12.1 Å². The number of nitrogens with one attached hydrogen (secondary N) is 1. The lowest BCUT2D eigenvalue weighted by Crippen LogP contribution is -2.59. The second-order valence-corrected chi connectivity index (χ2v) is 11.7. The van der Waals surface area contributed by atoms with Crippen LogP contribution >= 0.6 is 0 Å². The van der Waals surface area contributed by atoms with Crippen molar-refractivity contribution in [2.24, 2.45) is 0 Å². The highest BCUT2D eigenvalue weighted by Gasteiger charge is 2.39. The number of hydrogen-bond donors (Lipinski definition) is 2. The number of carbonyl (C=O) groups excluding carboxylic acids is 1. The van der Waals surface area contributed by atoms with Gasteiger partial charge >= 0.3 is 5.97 Å². The molecule has 0 bridgehead atoms. The fourth-order valence-electron chi connectivity index (χ4n) is 4.43. The summed E-state index contributed by atoms with van der Waals surface area (Å²) in [5, 5.41) is 14.5. The molecule has 28 heavy (non-hydrogen) atoms. The van der Waals surface area contributed by atoms with Gasteiger partial charge in [0.1, 0.15) is 11.9 Å². The van der Waals surface area contributed by atoms with Gasteiger partial charge in [-0.25, -0.2) is 4.79 Å². The largest absolute Gasteiger partial charge is 0.507 e. The van der Waals surface area contributed by atoms with E-state index in [4.69, 9.17) is 4.74 Å². The van der Waals surface area contributed by atoms with Crippen molar-refractivity contribution in [1.29, 1.82) is 0 Å². The molecule has 0 saturated carbocycles. The van der Waals surface area contributed by atoms with Crippen LogP contribution in [-0.4, -0.2) is 28.3 Å². The maximum absolute atomic E-state index is 13.1. The van der Waals surface area contributed by atoms with Gasteiger partial charge in [-0.05, 0) is 50.7 Å². The summed E-state index contributed by atoms with van der Waals surface area (Å²) in [6, 6.07) is 3.59. The van der Waals surface area contributed by atoms with Gasteiger partial charge in [0.2, 0.25) is 0 Å². The number of esters is 1.